The number of nitro groups is 1. The minimum Gasteiger partial charge on any atom is -0.258 e. The van der Waals surface area contributed by atoms with Crippen molar-refractivity contribution < 1.29 is 4.92 Å². The van der Waals surface area contributed by atoms with Crippen molar-refractivity contribution in [2.45, 2.75) is 0 Å². The average Bonchev–Trinajstić information content (AvgIpc) is 2.15. The Balaban J connectivity index is 3.61. The highest BCUT2D eigenvalue weighted by atomic mass is 35.5. The maximum Gasteiger partial charge on any atom is 0.304 e. The standard InChI is InChI=1S/C8H2ClN3O2/c9-7-1-5(3-10)8(12(13)14)6(2-7)4-11/h1-2H. The van der Waals surface area contributed by atoms with E-state index in [1.54, 1.807) is 12.1 Å². The molecule has 0 aliphatic carbocycles. The molecule has 0 saturated heterocycles. The summed E-state index contributed by atoms with van der Waals surface area (Å²) in [7, 11) is 0. The quantitative estimate of drug-likeness (QED) is 0.520. The summed E-state index contributed by atoms with van der Waals surface area (Å²) in [5.74, 6) is 0. The number of halogens is 1. The highest BCUT2D eigenvalue weighted by Gasteiger charge is 2.20. The third kappa shape index (κ3) is 1.63. The summed E-state index contributed by atoms with van der Waals surface area (Å²) in [6, 6.07) is 5.54. The Hall–Kier alpha value is -2.11. The van der Waals surface area contributed by atoms with Crippen LogP contribution in [0.2, 0.25) is 5.02 Å². The predicted molar refractivity (Wildman–Crippen MR) is 47.5 cm³/mol. The molecular formula is C8H2ClN3O2. The first kappa shape index (κ1) is 9.97. The van der Waals surface area contributed by atoms with Crippen LogP contribution in [-0.2, 0) is 0 Å². The van der Waals surface area contributed by atoms with E-state index in [-0.39, 0.29) is 16.1 Å². The van der Waals surface area contributed by atoms with Gasteiger partial charge in [0.2, 0.25) is 0 Å². The Labute approximate surface area is 83.9 Å². The molecule has 1 rings (SSSR count). The highest BCUT2D eigenvalue weighted by Crippen LogP contribution is 2.26. The van der Waals surface area contributed by atoms with Crippen LogP contribution in [0.4, 0.5) is 5.69 Å². The van der Waals surface area contributed by atoms with E-state index in [1.165, 1.54) is 0 Å². The second-order valence-corrected chi connectivity index (χ2v) is 2.77. The van der Waals surface area contributed by atoms with E-state index in [4.69, 9.17) is 22.1 Å². The van der Waals surface area contributed by atoms with Crippen LogP contribution >= 0.6 is 11.6 Å². The molecule has 0 amide bonds. The van der Waals surface area contributed by atoms with Crippen LogP contribution in [0.15, 0.2) is 12.1 Å². The molecule has 0 saturated carbocycles. The molecule has 0 spiro atoms. The zero-order valence-electron chi connectivity index (χ0n) is 6.69. The maximum atomic E-state index is 10.5. The van der Waals surface area contributed by atoms with Crippen molar-refractivity contribution in [3.63, 3.8) is 0 Å². The van der Waals surface area contributed by atoms with Gasteiger partial charge >= 0.3 is 5.69 Å². The fraction of sp³-hybridized carbons (Fsp3) is 0. The molecule has 0 aromatic heterocycles. The molecule has 0 heterocycles. The van der Waals surface area contributed by atoms with Gasteiger partial charge in [0.05, 0.1) is 4.92 Å². The lowest BCUT2D eigenvalue weighted by atomic mass is 10.1. The molecule has 5 nitrogen and oxygen atoms in total. The van der Waals surface area contributed by atoms with E-state index in [2.05, 4.69) is 0 Å². The second kappa shape index (κ2) is 3.73. The van der Waals surface area contributed by atoms with Crippen molar-refractivity contribution in [1.82, 2.24) is 0 Å². The van der Waals surface area contributed by atoms with E-state index in [0.29, 0.717) is 0 Å². The van der Waals surface area contributed by atoms with Gasteiger partial charge < -0.3 is 0 Å². The third-order valence-corrected chi connectivity index (χ3v) is 1.72. The number of hydrogen-bond donors (Lipinski definition) is 0. The van der Waals surface area contributed by atoms with Crippen molar-refractivity contribution in [3.05, 3.63) is 38.4 Å². The summed E-state index contributed by atoms with van der Waals surface area (Å²) in [6.07, 6.45) is 0. The van der Waals surface area contributed by atoms with E-state index >= 15 is 0 Å². The summed E-state index contributed by atoms with van der Waals surface area (Å²) in [5, 5.41) is 27.8. The van der Waals surface area contributed by atoms with E-state index in [1.807, 2.05) is 0 Å². The molecule has 14 heavy (non-hydrogen) atoms. The first-order valence-corrected chi connectivity index (χ1v) is 3.76. The van der Waals surface area contributed by atoms with Gasteiger partial charge in [-0.3, -0.25) is 10.1 Å². The van der Waals surface area contributed by atoms with E-state index in [9.17, 15) is 10.1 Å². The third-order valence-electron chi connectivity index (χ3n) is 1.50. The normalized spacial score (nSPS) is 8.79. The Morgan fingerprint density at radius 3 is 2.00 bits per heavy atom. The van der Waals surface area contributed by atoms with Crippen LogP contribution < -0.4 is 0 Å². The van der Waals surface area contributed by atoms with Gasteiger partial charge in [0.15, 0.2) is 0 Å². The van der Waals surface area contributed by atoms with Gasteiger partial charge in [0, 0.05) is 5.02 Å². The van der Waals surface area contributed by atoms with Crippen molar-refractivity contribution in [3.8, 4) is 12.1 Å². The van der Waals surface area contributed by atoms with Crippen molar-refractivity contribution in [2.24, 2.45) is 0 Å². The summed E-state index contributed by atoms with van der Waals surface area (Å²) < 4.78 is 0. The molecule has 0 aliphatic rings. The fourth-order valence-corrected chi connectivity index (χ4v) is 1.18. The molecule has 0 N–H and O–H groups in total. The molecular weight excluding hydrogens is 206 g/mol. The molecule has 0 radical (unpaired) electrons. The second-order valence-electron chi connectivity index (χ2n) is 2.33. The van der Waals surface area contributed by atoms with Crippen LogP contribution in [0.1, 0.15) is 11.1 Å². The van der Waals surface area contributed by atoms with Crippen LogP contribution in [0, 0.1) is 32.8 Å². The van der Waals surface area contributed by atoms with Crippen LogP contribution in [0.25, 0.3) is 0 Å². The first-order valence-electron chi connectivity index (χ1n) is 3.38. The monoisotopic (exact) mass is 207 g/mol. The van der Waals surface area contributed by atoms with E-state index in [0.717, 1.165) is 12.1 Å². The summed E-state index contributed by atoms with van der Waals surface area (Å²) in [4.78, 5) is 9.76. The molecule has 1 aromatic carbocycles. The SMILES string of the molecule is N#Cc1cc(Cl)cc(C#N)c1[N+](=O)[O-]. The number of nitriles is 2. The Morgan fingerprint density at radius 2 is 1.71 bits per heavy atom. The lowest BCUT2D eigenvalue weighted by Crippen LogP contribution is -1.96. The minimum absolute atomic E-state index is 0.128. The zero-order valence-corrected chi connectivity index (χ0v) is 7.45. The Kier molecular flexibility index (Phi) is 2.66. The summed E-state index contributed by atoms with van der Waals surface area (Å²) in [5.41, 5.74) is -0.919. The molecule has 1 aromatic rings. The lowest BCUT2D eigenvalue weighted by molar-refractivity contribution is -0.385. The molecule has 0 fully saturated rings. The number of nitrogens with zero attached hydrogens (tertiary/aromatic N) is 3. The highest BCUT2D eigenvalue weighted by molar-refractivity contribution is 6.30. The van der Waals surface area contributed by atoms with Gasteiger partial charge in [-0.2, -0.15) is 10.5 Å². The van der Waals surface area contributed by atoms with Crippen molar-refractivity contribution in [2.75, 3.05) is 0 Å². The van der Waals surface area contributed by atoms with E-state index < -0.39 is 10.6 Å². The van der Waals surface area contributed by atoms with Gasteiger partial charge in [-0.1, -0.05) is 11.6 Å². The summed E-state index contributed by atoms with van der Waals surface area (Å²) in [6.45, 7) is 0. The van der Waals surface area contributed by atoms with Crippen molar-refractivity contribution in [1.29, 1.82) is 10.5 Å². The number of benzene rings is 1. The Bertz CT molecular complexity index is 449. The van der Waals surface area contributed by atoms with Crippen molar-refractivity contribution >= 4 is 17.3 Å². The average molecular weight is 208 g/mol. The van der Waals surface area contributed by atoms with Gasteiger partial charge in [0.25, 0.3) is 0 Å². The first-order chi connectivity index (χ1) is 6.60. The lowest BCUT2D eigenvalue weighted by Gasteiger charge is -1.97. The summed E-state index contributed by atoms with van der Waals surface area (Å²) >= 11 is 5.56. The number of hydrogen-bond acceptors (Lipinski definition) is 4. The molecule has 0 atom stereocenters. The van der Waals surface area contributed by atoms with Gasteiger partial charge in [-0.25, -0.2) is 0 Å². The molecule has 68 valence electrons. The topological polar surface area (TPSA) is 90.7 Å². The molecule has 0 unspecified atom stereocenters. The molecule has 0 bridgehead atoms. The zero-order chi connectivity index (χ0) is 10.7. The largest absolute Gasteiger partial charge is 0.304 e. The molecule has 6 heteroatoms. The van der Waals surface area contributed by atoms with Crippen LogP contribution in [-0.4, -0.2) is 4.92 Å². The fourth-order valence-electron chi connectivity index (χ4n) is 0.966. The predicted octanol–water partition coefficient (Wildman–Crippen LogP) is 1.99. The number of nitro benzene ring substituents is 1. The van der Waals surface area contributed by atoms with Crippen LogP contribution in [0.3, 0.4) is 0 Å². The van der Waals surface area contributed by atoms with Gasteiger partial charge in [0.1, 0.15) is 23.3 Å². The number of rotatable bonds is 1. The van der Waals surface area contributed by atoms with Crippen LogP contribution in [0.5, 0.6) is 0 Å². The maximum absolute atomic E-state index is 10.5. The molecule has 0 aliphatic heterocycles. The van der Waals surface area contributed by atoms with Gasteiger partial charge in [-0.15, -0.1) is 0 Å². The van der Waals surface area contributed by atoms with Gasteiger partial charge in [-0.05, 0) is 12.1 Å². The smallest absolute Gasteiger partial charge is 0.258 e. The minimum atomic E-state index is -0.770. The Morgan fingerprint density at radius 1 is 1.29 bits per heavy atom.